The van der Waals surface area contributed by atoms with Crippen LogP contribution in [-0.4, -0.2) is 12.0 Å². The number of rotatable bonds is 4. The number of benzene rings is 2. The molecule has 2 aromatic carbocycles. The van der Waals surface area contributed by atoms with Gasteiger partial charge in [-0.3, -0.25) is 4.98 Å². The Labute approximate surface area is 129 Å². The van der Waals surface area contributed by atoms with E-state index in [4.69, 9.17) is 16.6 Å². The molecular formula is C18H17ClN2. The molecule has 0 aliphatic heterocycles. The lowest BCUT2D eigenvalue weighted by Crippen LogP contribution is -2.08. The molecule has 3 aromatic rings. The van der Waals surface area contributed by atoms with Crippen LogP contribution in [0.5, 0.6) is 0 Å². The Bertz CT molecular complexity index is 768. The van der Waals surface area contributed by atoms with Crippen LogP contribution in [0.15, 0.2) is 54.6 Å². The van der Waals surface area contributed by atoms with Gasteiger partial charge in [0.2, 0.25) is 0 Å². The van der Waals surface area contributed by atoms with Gasteiger partial charge in [0, 0.05) is 29.1 Å². The Morgan fingerprint density at radius 2 is 1.86 bits per heavy atom. The third-order valence-corrected chi connectivity index (χ3v) is 3.80. The standard InChI is InChI=1S/C18H17ClN2/c1-20-12-14-6-8-16(19)10-15(14)11-17-9-7-13-4-2-3-5-18(13)21-17/h2-10,20H,11-12H2,1H3. The van der Waals surface area contributed by atoms with Crippen molar-refractivity contribution in [3.05, 3.63) is 76.4 Å². The topological polar surface area (TPSA) is 24.9 Å². The molecule has 1 N–H and O–H groups in total. The molecule has 0 atom stereocenters. The van der Waals surface area contributed by atoms with Gasteiger partial charge in [-0.25, -0.2) is 0 Å². The predicted octanol–water partition coefficient (Wildman–Crippen LogP) is 4.20. The molecule has 3 heteroatoms. The Morgan fingerprint density at radius 1 is 1.00 bits per heavy atom. The molecule has 0 saturated heterocycles. The Hall–Kier alpha value is -1.90. The maximum absolute atomic E-state index is 6.14. The number of nitrogens with one attached hydrogen (secondary N) is 1. The van der Waals surface area contributed by atoms with Crippen LogP contribution in [0.2, 0.25) is 5.02 Å². The fourth-order valence-corrected chi connectivity index (χ4v) is 2.72. The van der Waals surface area contributed by atoms with Crippen LogP contribution in [0.1, 0.15) is 16.8 Å². The molecule has 0 amide bonds. The van der Waals surface area contributed by atoms with E-state index >= 15 is 0 Å². The van der Waals surface area contributed by atoms with Crippen LogP contribution in [0.3, 0.4) is 0 Å². The lowest BCUT2D eigenvalue weighted by atomic mass is 10.0. The van der Waals surface area contributed by atoms with Gasteiger partial charge in [-0.2, -0.15) is 0 Å². The zero-order valence-corrected chi connectivity index (χ0v) is 12.7. The van der Waals surface area contributed by atoms with Crippen molar-refractivity contribution in [2.75, 3.05) is 7.05 Å². The van der Waals surface area contributed by atoms with Gasteiger partial charge >= 0.3 is 0 Å². The first-order chi connectivity index (χ1) is 10.3. The maximum atomic E-state index is 6.14. The molecule has 106 valence electrons. The second-order valence-electron chi connectivity index (χ2n) is 5.12. The number of pyridine rings is 1. The van der Waals surface area contributed by atoms with Crippen molar-refractivity contribution in [1.82, 2.24) is 10.3 Å². The highest BCUT2D eigenvalue weighted by molar-refractivity contribution is 6.30. The zero-order valence-electron chi connectivity index (χ0n) is 11.9. The van der Waals surface area contributed by atoms with Gasteiger partial charge < -0.3 is 5.32 Å². The third kappa shape index (κ3) is 3.23. The quantitative estimate of drug-likeness (QED) is 0.780. The molecule has 0 aliphatic carbocycles. The first-order valence-electron chi connectivity index (χ1n) is 7.03. The number of para-hydroxylation sites is 1. The van der Waals surface area contributed by atoms with Gasteiger partial charge in [0.1, 0.15) is 0 Å². The minimum absolute atomic E-state index is 0.769. The first kappa shape index (κ1) is 14.1. The van der Waals surface area contributed by atoms with E-state index in [1.165, 1.54) is 16.5 Å². The van der Waals surface area contributed by atoms with Crippen molar-refractivity contribution < 1.29 is 0 Å². The normalized spacial score (nSPS) is 11.0. The lowest BCUT2D eigenvalue weighted by molar-refractivity contribution is 0.806. The SMILES string of the molecule is CNCc1ccc(Cl)cc1Cc1ccc2ccccc2n1. The van der Waals surface area contributed by atoms with Crippen molar-refractivity contribution in [2.24, 2.45) is 0 Å². The first-order valence-corrected chi connectivity index (χ1v) is 7.40. The van der Waals surface area contributed by atoms with E-state index in [1.807, 2.05) is 37.4 Å². The predicted molar refractivity (Wildman–Crippen MR) is 88.8 cm³/mol. The maximum Gasteiger partial charge on any atom is 0.0705 e. The molecule has 0 fully saturated rings. The van der Waals surface area contributed by atoms with Crippen LogP contribution in [0, 0.1) is 0 Å². The van der Waals surface area contributed by atoms with Gasteiger partial charge in [0.15, 0.2) is 0 Å². The zero-order chi connectivity index (χ0) is 14.7. The second-order valence-corrected chi connectivity index (χ2v) is 5.55. The minimum Gasteiger partial charge on any atom is -0.316 e. The summed E-state index contributed by atoms with van der Waals surface area (Å²) in [6.07, 6.45) is 0.794. The highest BCUT2D eigenvalue weighted by atomic mass is 35.5. The number of aromatic nitrogens is 1. The summed E-state index contributed by atoms with van der Waals surface area (Å²) in [5.41, 5.74) is 4.58. The van der Waals surface area contributed by atoms with E-state index in [0.29, 0.717) is 0 Å². The molecule has 1 heterocycles. The van der Waals surface area contributed by atoms with E-state index in [9.17, 15) is 0 Å². The lowest BCUT2D eigenvalue weighted by Gasteiger charge is -2.10. The van der Waals surface area contributed by atoms with E-state index in [-0.39, 0.29) is 0 Å². The van der Waals surface area contributed by atoms with Crippen LogP contribution in [-0.2, 0) is 13.0 Å². The molecular weight excluding hydrogens is 280 g/mol. The molecule has 0 saturated carbocycles. The highest BCUT2D eigenvalue weighted by Gasteiger charge is 2.06. The van der Waals surface area contributed by atoms with Crippen LogP contribution in [0.4, 0.5) is 0 Å². The van der Waals surface area contributed by atoms with Gasteiger partial charge in [-0.05, 0) is 42.4 Å². The van der Waals surface area contributed by atoms with Crippen LogP contribution < -0.4 is 5.32 Å². The summed E-state index contributed by atoms with van der Waals surface area (Å²) in [5.74, 6) is 0. The van der Waals surface area contributed by atoms with E-state index in [1.54, 1.807) is 0 Å². The van der Waals surface area contributed by atoms with Crippen molar-refractivity contribution in [3.8, 4) is 0 Å². The average Bonchev–Trinajstić information content (AvgIpc) is 2.50. The van der Waals surface area contributed by atoms with Crippen LogP contribution in [0.25, 0.3) is 10.9 Å². The number of fused-ring (bicyclic) bond motifs is 1. The van der Waals surface area contributed by atoms with Crippen molar-refractivity contribution in [1.29, 1.82) is 0 Å². The fourth-order valence-electron chi connectivity index (χ4n) is 2.52. The van der Waals surface area contributed by atoms with E-state index < -0.39 is 0 Å². The Morgan fingerprint density at radius 3 is 2.71 bits per heavy atom. The molecule has 0 bridgehead atoms. The molecule has 3 rings (SSSR count). The second kappa shape index (κ2) is 6.25. The molecule has 0 aliphatic rings. The summed E-state index contributed by atoms with van der Waals surface area (Å²) in [4.78, 5) is 4.74. The number of hydrogen-bond donors (Lipinski definition) is 1. The van der Waals surface area contributed by atoms with Gasteiger partial charge in [0.25, 0.3) is 0 Å². The third-order valence-electron chi connectivity index (χ3n) is 3.56. The largest absolute Gasteiger partial charge is 0.316 e. The molecule has 0 spiro atoms. The van der Waals surface area contributed by atoms with Crippen molar-refractivity contribution >= 4 is 22.5 Å². The smallest absolute Gasteiger partial charge is 0.0705 e. The average molecular weight is 297 g/mol. The van der Waals surface area contributed by atoms with Crippen LogP contribution >= 0.6 is 11.6 Å². The van der Waals surface area contributed by atoms with Crippen molar-refractivity contribution in [2.45, 2.75) is 13.0 Å². The number of hydrogen-bond acceptors (Lipinski definition) is 2. The molecule has 1 aromatic heterocycles. The van der Waals surface area contributed by atoms with E-state index in [2.05, 4.69) is 29.6 Å². The van der Waals surface area contributed by atoms with Gasteiger partial charge in [0.05, 0.1) is 5.52 Å². The number of nitrogens with zero attached hydrogens (tertiary/aromatic N) is 1. The Kier molecular flexibility index (Phi) is 4.18. The van der Waals surface area contributed by atoms with E-state index in [0.717, 1.165) is 29.2 Å². The molecule has 2 nitrogen and oxygen atoms in total. The summed E-state index contributed by atoms with van der Waals surface area (Å²) < 4.78 is 0. The molecule has 0 unspecified atom stereocenters. The monoisotopic (exact) mass is 296 g/mol. The number of halogens is 1. The Balaban J connectivity index is 1.95. The highest BCUT2D eigenvalue weighted by Crippen LogP contribution is 2.20. The summed E-state index contributed by atoms with van der Waals surface area (Å²) in [5, 5.41) is 5.13. The van der Waals surface area contributed by atoms with Gasteiger partial charge in [-0.15, -0.1) is 0 Å². The summed E-state index contributed by atoms with van der Waals surface area (Å²) in [7, 11) is 1.95. The minimum atomic E-state index is 0.769. The van der Waals surface area contributed by atoms with Gasteiger partial charge in [-0.1, -0.05) is 41.9 Å². The summed E-state index contributed by atoms with van der Waals surface area (Å²) in [6.45, 7) is 0.833. The molecule has 0 radical (unpaired) electrons. The summed E-state index contributed by atoms with van der Waals surface area (Å²) in [6, 6.07) is 18.4. The fraction of sp³-hybridized carbons (Fsp3) is 0.167. The van der Waals surface area contributed by atoms with Crippen molar-refractivity contribution in [3.63, 3.8) is 0 Å². The molecule has 21 heavy (non-hydrogen) atoms. The summed E-state index contributed by atoms with van der Waals surface area (Å²) >= 11 is 6.14.